The zero-order valence-corrected chi connectivity index (χ0v) is 92.6. The summed E-state index contributed by atoms with van der Waals surface area (Å²) >= 11 is 0. The van der Waals surface area contributed by atoms with Crippen LogP contribution >= 0.6 is 0 Å². The maximum absolute atomic E-state index is 13.0. The molecule has 0 aliphatic heterocycles. The molecule has 0 atom stereocenters. The van der Waals surface area contributed by atoms with Gasteiger partial charge in [0.25, 0.3) is 0 Å². The summed E-state index contributed by atoms with van der Waals surface area (Å²) in [6, 6.07) is 42.4. The Kier molecular flexibility index (Phi) is 40.7. The van der Waals surface area contributed by atoms with Gasteiger partial charge in [-0.3, -0.25) is 4.79 Å². The van der Waals surface area contributed by atoms with Crippen molar-refractivity contribution in [3.63, 3.8) is 0 Å². The summed E-state index contributed by atoms with van der Waals surface area (Å²) in [5, 5.41) is 44.5. The van der Waals surface area contributed by atoms with E-state index in [0.29, 0.717) is 99.6 Å². The van der Waals surface area contributed by atoms with E-state index in [4.69, 9.17) is 15.2 Å². The first-order valence-electron chi connectivity index (χ1n) is 48.4. The molecule has 6 aromatic heterocycles. The van der Waals surface area contributed by atoms with Crippen LogP contribution < -0.4 is 84.9 Å². The van der Waals surface area contributed by atoms with E-state index >= 15 is 0 Å². The fraction of sp³-hybridized carbons (Fsp3) is 0.373. The number of sulfonamides is 1. The Morgan fingerprint density at radius 2 is 0.658 bits per heavy atom. The molecule has 0 saturated carbocycles. The second-order valence-corrected chi connectivity index (χ2v) is 44.1. The molecule has 0 spiro atoms. The third kappa shape index (κ3) is 39.2. The molecule has 7 aromatic carbocycles. The van der Waals surface area contributed by atoms with Crippen LogP contribution in [0.5, 0.6) is 5.75 Å². The van der Waals surface area contributed by atoms with E-state index in [9.17, 15) is 36.0 Å². The average Bonchev–Trinajstić information content (AvgIpc) is 0.812. The van der Waals surface area contributed by atoms with Crippen LogP contribution in [0.4, 0.5) is 134 Å². The number of halogens is 3. The van der Waals surface area contributed by atoms with Gasteiger partial charge in [-0.15, -0.1) is 0 Å². The maximum atomic E-state index is 13.0. The molecule has 0 saturated heterocycles. The minimum absolute atomic E-state index is 0.0842. The Bertz CT molecular complexity index is 6910. The van der Waals surface area contributed by atoms with E-state index in [1.54, 1.807) is 100 Å². The largest absolute Gasteiger partial charge is 0.497 e. The minimum Gasteiger partial charge on any atom is -0.497 e. The lowest BCUT2D eigenvalue weighted by Crippen LogP contribution is -2.27. The van der Waals surface area contributed by atoms with Gasteiger partial charge >= 0.3 is 18.2 Å². The Hall–Kier alpha value is -15.7. The van der Waals surface area contributed by atoms with E-state index in [1.165, 1.54) is 31.4 Å². The summed E-state index contributed by atoms with van der Waals surface area (Å²) in [5.41, 5.74) is 20.0. The van der Waals surface area contributed by atoms with E-state index in [0.717, 1.165) is 102 Å². The number of carbonyl (C=O) groups excluding carboxylic acids is 3. The van der Waals surface area contributed by atoms with Gasteiger partial charge in [0.1, 0.15) is 40.7 Å². The van der Waals surface area contributed by atoms with Crippen molar-refractivity contribution in [2.45, 2.75) is 252 Å². The highest BCUT2D eigenvalue weighted by Crippen LogP contribution is 2.38. The van der Waals surface area contributed by atoms with Gasteiger partial charge in [-0.25, -0.2) is 52.2 Å². The molecule has 13 aromatic rings. The zero-order chi connectivity index (χ0) is 111. The summed E-state index contributed by atoms with van der Waals surface area (Å²) in [6.07, 6.45) is 6.10. The zero-order valence-electron chi connectivity index (χ0n) is 91.8. The Labute approximate surface area is 875 Å². The lowest BCUT2D eigenvalue weighted by molar-refractivity contribution is -0.138. The molecule has 0 aliphatic carbocycles. The van der Waals surface area contributed by atoms with Crippen molar-refractivity contribution in [3.8, 4) is 5.75 Å². The number of methoxy groups -OCH3 is 1. The summed E-state index contributed by atoms with van der Waals surface area (Å²) in [5.74, 6) is 7.24. The van der Waals surface area contributed by atoms with Gasteiger partial charge in [0, 0.05) is 175 Å². The molecule has 0 radical (unpaired) electrons. The molecule has 0 fully saturated rings. The molecule has 39 heteroatoms. The van der Waals surface area contributed by atoms with Crippen molar-refractivity contribution in [2.24, 2.45) is 5.73 Å². The van der Waals surface area contributed by atoms with Gasteiger partial charge in [-0.05, 0) is 333 Å². The third-order valence-electron chi connectivity index (χ3n) is 20.7. The average molecular weight is 2060 g/mol. The van der Waals surface area contributed by atoms with E-state index in [1.807, 2.05) is 210 Å². The van der Waals surface area contributed by atoms with Crippen molar-refractivity contribution in [1.82, 2.24) is 64.1 Å². The molecule has 13 rings (SSSR count). The number of hydrogen-bond donors (Lipinski definition) is 15. The number of urea groups is 1. The number of aryl methyl sites for hydroxylation is 8. The number of nitrogens with one attached hydrogen (secondary N) is 14. The number of nitrogens with zero attached hydrogens (tertiary/aromatic N) is 13. The Morgan fingerprint density at radius 1 is 0.356 bits per heavy atom. The van der Waals surface area contributed by atoms with Crippen LogP contribution in [0.15, 0.2) is 188 Å². The number of benzene rings is 7. The molecule has 3 amide bonds. The van der Waals surface area contributed by atoms with Crippen LogP contribution in [-0.4, -0.2) is 151 Å². The minimum atomic E-state index is -4.39. The second-order valence-electron chi connectivity index (χ2n) is 42.0. The fourth-order valence-electron chi connectivity index (χ4n) is 13.5. The topological polar surface area (TPSA) is 456 Å². The van der Waals surface area contributed by atoms with Crippen molar-refractivity contribution < 1.29 is 45.4 Å². The summed E-state index contributed by atoms with van der Waals surface area (Å²) in [4.78, 5) is 88.9. The van der Waals surface area contributed by atoms with Crippen LogP contribution in [0.3, 0.4) is 0 Å². The van der Waals surface area contributed by atoms with Crippen molar-refractivity contribution in [1.29, 1.82) is 0 Å². The van der Waals surface area contributed by atoms with Gasteiger partial charge < -0.3 is 89.6 Å². The monoisotopic (exact) mass is 2060 g/mol. The van der Waals surface area contributed by atoms with Crippen LogP contribution in [0, 0.1) is 76.2 Å². The van der Waals surface area contributed by atoms with Crippen LogP contribution in [0.25, 0.3) is 0 Å². The quantitative estimate of drug-likeness (QED) is 0.0224. The highest BCUT2D eigenvalue weighted by molar-refractivity contribution is 7.89. The number of amides is 3. The first-order chi connectivity index (χ1) is 69.3. The first-order valence-corrected chi connectivity index (χ1v) is 49.8. The molecule has 6 heterocycles. The molecule has 0 unspecified atom stereocenters. The second kappa shape index (κ2) is 51.1. The van der Waals surface area contributed by atoms with Crippen molar-refractivity contribution in [2.75, 3.05) is 102 Å². The highest BCUT2D eigenvalue weighted by Gasteiger charge is 2.34. The molecule has 149 heavy (non-hydrogen) atoms. The smallest absolute Gasteiger partial charge is 0.416 e. The van der Waals surface area contributed by atoms with E-state index in [2.05, 4.69) is 203 Å². The molecular formula is C110H147F3N28O7S. The standard InChI is InChI=1S/C23H28N6O.C19H26N4O2.C17H21F3N4.C17H25N5O2S.C17H23N5O.C17H24N4O/c1-15-8-6-9-17(12-15)26-22(30)27-19-11-7-10-18(13-19)25-20-16(2)14-24-21(28-20)29-23(3,4)5;1-7-25-17(24)14-9-8-10-15(13(14)3)21-16-12(2)11-20-18(22-16)23-19(4,5)6;1-10-9-21-15(24-16(3,4)5)23-14(10)22-13-8-6-7-12(11(13)2)17(18,19)20;1-12-11-18-16(21-17(2,3)4)20-15(12)19-13-8-7-9-14(10-13)25(23,24)22(5)6;1-10-9-19-16(22-17(3,4)5)21-15(10)20-13-8-6-7-12(11(13)2)14(18)23;1-11-7-13(9-14(8-11)22-6)19-15-12(2)10-18-16(20-15)21-17(3,4)5/h6-14H,1-5H3,(H2,26,27,30)(H2,24,25,28,29);8-11H,7H2,1-6H3,(H2,20,21,22,23);6-9H,1-5H3,(H2,21,22,23,24);7-11H,1-6H3,(H2,18,19,20,21);6-9H,1-5H3,(H2,18,23)(H2,19,20,21,22);7-10H,1-6H3,(H2,18,19,20,21). The van der Waals surface area contributed by atoms with Crippen LogP contribution in [0.1, 0.15) is 219 Å². The van der Waals surface area contributed by atoms with Gasteiger partial charge in [-0.2, -0.15) is 43.1 Å². The molecule has 0 bridgehead atoms. The number of nitrogens with two attached hydrogens (primary N) is 1. The Balaban J connectivity index is 0.000000218. The van der Waals surface area contributed by atoms with E-state index < -0.39 is 27.7 Å². The fourth-order valence-corrected chi connectivity index (χ4v) is 14.4. The lowest BCUT2D eigenvalue weighted by Gasteiger charge is -2.21. The number of alkyl halides is 3. The molecule has 35 nitrogen and oxygen atoms in total. The van der Waals surface area contributed by atoms with Crippen LogP contribution in [-0.2, 0) is 20.9 Å². The number of anilines is 20. The Morgan fingerprint density at radius 3 is 1.00 bits per heavy atom. The van der Waals surface area contributed by atoms with Gasteiger partial charge in [0.05, 0.1) is 29.7 Å². The molecule has 16 N–H and O–H groups in total. The SMILES string of the molecule is CCOC(=O)c1cccc(Nc2nc(NC(C)(C)C)ncc2C)c1C.COc1cc(C)cc(Nc2nc(NC(C)(C)C)ncc2C)c1.Cc1cccc(NC(=O)Nc2cccc(Nc3nc(NC(C)(C)C)ncc3C)c2)c1.Cc1cnc(NC(C)(C)C)nc1Nc1cccc(C(F)(F)F)c1C.Cc1cnc(NC(C)(C)C)nc1Nc1cccc(C(N)=O)c1C.Cc1cnc(NC(C)(C)C)nc1Nc1cccc(S(=O)(=O)N(C)C)c1. The molecular weight excluding hydrogens is 1910 g/mol. The predicted octanol–water partition coefficient (Wildman–Crippen LogP) is 25.2. The highest BCUT2D eigenvalue weighted by atomic mass is 32.2. The van der Waals surface area contributed by atoms with Gasteiger partial charge in [0.15, 0.2) is 0 Å². The molecule has 796 valence electrons. The summed E-state index contributed by atoms with van der Waals surface area (Å²) in [6.45, 7) is 59.5. The van der Waals surface area contributed by atoms with Gasteiger partial charge in [0.2, 0.25) is 51.6 Å². The van der Waals surface area contributed by atoms with Crippen LogP contribution in [0.2, 0.25) is 0 Å². The first kappa shape index (κ1) is 119. The number of carbonyl (C=O) groups is 3. The number of ether oxygens (including phenoxy) is 2. The third-order valence-corrected chi connectivity index (χ3v) is 22.5. The van der Waals surface area contributed by atoms with Gasteiger partial charge in [-0.1, -0.05) is 42.5 Å². The maximum Gasteiger partial charge on any atom is 0.416 e. The van der Waals surface area contributed by atoms with Crippen molar-refractivity contribution in [3.05, 3.63) is 261 Å². The number of hydrogen-bond acceptors (Lipinski definition) is 31. The summed E-state index contributed by atoms with van der Waals surface area (Å²) in [7, 11) is 1.20. The summed E-state index contributed by atoms with van der Waals surface area (Å²) < 4.78 is 75.3. The number of primary amides is 1. The lowest BCUT2D eigenvalue weighted by atomic mass is 10.1. The van der Waals surface area contributed by atoms with Crippen molar-refractivity contribution >= 4 is 144 Å². The number of aromatic nitrogens is 12. The normalized spacial score (nSPS) is 11.5. The molecule has 0 aliphatic rings. The predicted molar refractivity (Wildman–Crippen MR) is 599 cm³/mol. The number of rotatable bonds is 26. The van der Waals surface area contributed by atoms with E-state index in [-0.39, 0.29) is 55.7 Å². The number of esters is 1.